The molecule has 0 aromatic heterocycles. The van der Waals surface area contributed by atoms with Crippen molar-refractivity contribution in [3.8, 4) is 0 Å². The van der Waals surface area contributed by atoms with Gasteiger partial charge in [0.2, 0.25) is 11.8 Å². The van der Waals surface area contributed by atoms with E-state index in [1.165, 1.54) is 4.90 Å². The molecule has 0 radical (unpaired) electrons. The summed E-state index contributed by atoms with van der Waals surface area (Å²) in [6.45, 7) is -0.0449. The van der Waals surface area contributed by atoms with Crippen molar-refractivity contribution in [3.05, 3.63) is 0 Å². The molecule has 0 aromatic rings. The molecule has 2 aliphatic rings. The van der Waals surface area contributed by atoms with Crippen molar-refractivity contribution in [2.45, 2.75) is 18.9 Å². The fourth-order valence-corrected chi connectivity index (χ4v) is 2.19. The number of imide groups is 1. The Hall–Kier alpha value is -2.12. The number of hydrogen-bond acceptors (Lipinski definition) is 4. The number of nitrogens with zero attached hydrogens (tertiary/aromatic N) is 2. The van der Waals surface area contributed by atoms with E-state index in [1.807, 2.05) is 0 Å². The van der Waals surface area contributed by atoms with Gasteiger partial charge in [-0.25, -0.2) is 9.59 Å². The van der Waals surface area contributed by atoms with E-state index in [4.69, 9.17) is 5.11 Å². The Kier molecular flexibility index (Phi) is 3.17. The van der Waals surface area contributed by atoms with Crippen molar-refractivity contribution >= 4 is 23.8 Å². The molecule has 2 heterocycles. The van der Waals surface area contributed by atoms with Gasteiger partial charge < -0.3 is 14.9 Å². The van der Waals surface area contributed by atoms with Crippen molar-refractivity contribution < 1.29 is 24.3 Å². The van der Waals surface area contributed by atoms with Gasteiger partial charge in [0.1, 0.15) is 19.1 Å². The summed E-state index contributed by atoms with van der Waals surface area (Å²) in [5.74, 6) is -1.93. The summed E-state index contributed by atoms with van der Waals surface area (Å²) in [5, 5.41) is 11.0. The van der Waals surface area contributed by atoms with Crippen LogP contribution < -0.4 is 5.32 Å². The monoisotopic (exact) mass is 255 g/mol. The molecule has 8 heteroatoms. The zero-order valence-corrected chi connectivity index (χ0v) is 9.59. The van der Waals surface area contributed by atoms with Gasteiger partial charge in [-0.1, -0.05) is 0 Å². The number of likely N-dealkylation sites (tertiary alicyclic amines) is 1. The Morgan fingerprint density at radius 1 is 1.39 bits per heavy atom. The van der Waals surface area contributed by atoms with E-state index in [9.17, 15) is 19.2 Å². The lowest BCUT2D eigenvalue weighted by atomic mass is 10.2. The third-order valence-corrected chi connectivity index (χ3v) is 3.05. The van der Waals surface area contributed by atoms with Crippen molar-refractivity contribution in [3.63, 3.8) is 0 Å². The highest BCUT2D eigenvalue weighted by atomic mass is 16.4. The predicted octanol–water partition coefficient (Wildman–Crippen LogP) is -1.39. The van der Waals surface area contributed by atoms with Gasteiger partial charge in [0.05, 0.1) is 0 Å². The largest absolute Gasteiger partial charge is 0.480 e. The van der Waals surface area contributed by atoms with Crippen LogP contribution in [0.25, 0.3) is 0 Å². The SMILES string of the molecule is O=C1CN(CC(=O)N2CCC[C@@H]2C(=O)O)C(=O)N1. The molecule has 18 heavy (non-hydrogen) atoms. The summed E-state index contributed by atoms with van der Waals surface area (Å²) in [4.78, 5) is 47.4. The number of nitrogens with one attached hydrogen (secondary N) is 1. The average Bonchev–Trinajstić information content (AvgIpc) is 2.86. The van der Waals surface area contributed by atoms with Crippen LogP contribution >= 0.6 is 0 Å². The second kappa shape index (κ2) is 4.63. The number of rotatable bonds is 3. The smallest absolute Gasteiger partial charge is 0.326 e. The number of carboxylic acids is 1. The molecule has 98 valence electrons. The number of urea groups is 1. The molecule has 0 aliphatic carbocycles. The van der Waals surface area contributed by atoms with Crippen LogP contribution in [0.5, 0.6) is 0 Å². The number of carboxylic acid groups (broad SMARTS) is 1. The minimum Gasteiger partial charge on any atom is -0.480 e. The van der Waals surface area contributed by atoms with Crippen LogP contribution in [-0.4, -0.2) is 64.4 Å². The van der Waals surface area contributed by atoms with Crippen LogP contribution in [0.15, 0.2) is 0 Å². The second-order valence-corrected chi connectivity index (χ2v) is 4.29. The molecule has 0 saturated carbocycles. The van der Waals surface area contributed by atoms with Gasteiger partial charge in [-0.3, -0.25) is 14.9 Å². The van der Waals surface area contributed by atoms with Crippen LogP contribution in [-0.2, 0) is 14.4 Å². The van der Waals surface area contributed by atoms with Gasteiger partial charge in [0.25, 0.3) is 0 Å². The fourth-order valence-electron chi connectivity index (χ4n) is 2.19. The molecule has 8 nitrogen and oxygen atoms in total. The van der Waals surface area contributed by atoms with Crippen molar-refractivity contribution in [2.24, 2.45) is 0 Å². The minimum atomic E-state index is -1.04. The molecule has 0 unspecified atom stereocenters. The summed E-state index contributed by atoms with van der Waals surface area (Å²) < 4.78 is 0. The average molecular weight is 255 g/mol. The summed E-state index contributed by atoms with van der Waals surface area (Å²) >= 11 is 0. The summed E-state index contributed by atoms with van der Waals surface area (Å²) in [6.07, 6.45) is 1.06. The lowest BCUT2D eigenvalue weighted by molar-refractivity contribution is -0.148. The standard InChI is InChI=1S/C10H13N3O5/c14-7-4-12(10(18)11-7)5-8(15)13-3-1-2-6(13)9(16)17/h6H,1-5H2,(H,16,17)(H,11,14,18)/t6-/m1/s1. The Labute approximate surface area is 103 Å². The first-order chi connectivity index (χ1) is 8.49. The lowest BCUT2D eigenvalue weighted by Gasteiger charge is -2.23. The summed E-state index contributed by atoms with van der Waals surface area (Å²) in [6, 6.07) is -1.43. The number of carbonyl (C=O) groups excluding carboxylic acids is 3. The van der Waals surface area contributed by atoms with E-state index in [1.54, 1.807) is 0 Å². The first kappa shape index (κ1) is 12.3. The maximum atomic E-state index is 11.9. The topological polar surface area (TPSA) is 107 Å². The molecule has 0 bridgehead atoms. The zero-order chi connectivity index (χ0) is 13.3. The number of aliphatic carboxylic acids is 1. The highest BCUT2D eigenvalue weighted by molar-refractivity contribution is 6.03. The Balaban J connectivity index is 1.97. The van der Waals surface area contributed by atoms with Gasteiger partial charge in [-0.2, -0.15) is 0 Å². The molecule has 4 amide bonds. The Morgan fingerprint density at radius 2 is 2.11 bits per heavy atom. The van der Waals surface area contributed by atoms with Crippen LogP contribution in [0.2, 0.25) is 0 Å². The van der Waals surface area contributed by atoms with Crippen LogP contribution in [0.4, 0.5) is 4.79 Å². The molecule has 2 N–H and O–H groups in total. The molecule has 1 atom stereocenters. The maximum absolute atomic E-state index is 11.9. The first-order valence-corrected chi connectivity index (χ1v) is 5.60. The third-order valence-electron chi connectivity index (χ3n) is 3.05. The van der Waals surface area contributed by atoms with E-state index in [0.717, 1.165) is 4.90 Å². The van der Waals surface area contributed by atoms with Crippen LogP contribution in [0.1, 0.15) is 12.8 Å². The molecule has 0 aromatic carbocycles. The van der Waals surface area contributed by atoms with E-state index in [0.29, 0.717) is 19.4 Å². The van der Waals surface area contributed by atoms with E-state index < -0.39 is 29.9 Å². The first-order valence-electron chi connectivity index (χ1n) is 5.60. The summed E-state index contributed by atoms with van der Waals surface area (Å²) in [5.41, 5.74) is 0. The zero-order valence-electron chi connectivity index (χ0n) is 9.59. The maximum Gasteiger partial charge on any atom is 0.326 e. The van der Waals surface area contributed by atoms with E-state index in [-0.39, 0.29) is 13.1 Å². The predicted molar refractivity (Wildman–Crippen MR) is 57.5 cm³/mol. The fraction of sp³-hybridized carbons (Fsp3) is 0.600. The van der Waals surface area contributed by atoms with Gasteiger partial charge >= 0.3 is 12.0 Å². The van der Waals surface area contributed by atoms with Crippen LogP contribution in [0.3, 0.4) is 0 Å². The van der Waals surface area contributed by atoms with Gasteiger partial charge in [0.15, 0.2) is 0 Å². The van der Waals surface area contributed by atoms with Gasteiger partial charge in [0, 0.05) is 6.54 Å². The molecule has 0 spiro atoms. The van der Waals surface area contributed by atoms with E-state index in [2.05, 4.69) is 5.32 Å². The molecule has 2 rings (SSSR count). The highest BCUT2D eigenvalue weighted by Crippen LogP contribution is 2.18. The molecule has 2 aliphatic heterocycles. The number of hydrogen-bond donors (Lipinski definition) is 2. The summed E-state index contributed by atoms with van der Waals surface area (Å²) in [7, 11) is 0. The minimum absolute atomic E-state index is 0.157. The van der Waals surface area contributed by atoms with Crippen LogP contribution in [0, 0.1) is 0 Å². The molecular weight excluding hydrogens is 242 g/mol. The second-order valence-electron chi connectivity index (χ2n) is 4.29. The molecular formula is C10H13N3O5. The normalized spacial score (nSPS) is 23.4. The third kappa shape index (κ3) is 2.27. The van der Waals surface area contributed by atoms with Crippen molar-refractivity contribution in [1.29, 1.82) is 0 Å². The number of carbonyl (C=O) groups is 4. The Bertz CT molecular complexity index is 422. The molecule has 2 fully saturated rings. The number of amides is 4. The highest BCUT2D eigenvalue weighted by Gasteiger charge is 2.36. The lowest BCUT2D eigenvalue weighted by Crippen LogP contribution is -2.46. The van der Waals surface area contributed by atoms with Crippen molar-refractivity contribution in [1.82, 2.24) is 15.1 Å². The van der Waals surface area contributed by atoms with Gasteiger partial charge in [-0.15, -0.1) is 0 Å². The van der Waals surface area contributed by atoms with Gasteiger partial charge in [-0.05, 0) is 12.8 Å². The van der Waals surface area contributed by atoms with Crippen molar-refractivity contribution in [2.75, 3.05) is 19.6 Å². The quantitative estimate of drug-likeness (QED) is 0.604. The van der Waals surface area contributed by atoms with E-state index >= 15 is 0 Å². The Morgan fingerprint density at radius 3 is 2.67 bits per heavy atom. The molecule has 2 saturated heterocycles.